The first-order chi connectivity index (χ1) is 13.9. The van der Waals surface area contributed by atoms with Crippen molar-refractivity contribution in [3.63, 3.8) is 0 Å². The van der Waals surface area contributed by atoms with Crippen LogP contribution in [-0.2, 0) is 41.6 Å². The summed E-state index contributed by atoms with van der Waals surface area (Å²) in [6, 6.07) is 7.33. The van der Waals surface area contributed by atoms with Gasteiger partial charge in [-0.05, 0) is 11.1 Å². The lowest BCUT2D eigenvalue weighted by Gasteiger charge is -2.08. The van der Waals surface area contributed by atoms with E-state index in [-0.39, 0.29) is 49.7 Å². The van der Waals surface area contributed by atoms with E-state index in [1.54, 1.807) is 7.05 Å². The van der Waals surface area contributed by atoms with Crippen molar-refractivity contribution >= 4 is 23.7 Å². The number of amides is 3. The molecule has 0 heterocycles. The molecule has 0 aliphatic heterocycles. The first kappa shape index (κ1) is 24.1. The summed E-state index contributed by atoms with van der Waals surface area (Å²) in [6.07, 6.45) is 1.01. The van der Waals surface area contributed by atoms with Crippen molar-refractivity contribution < 1.29 is 28.7 Å². The van der Waals surface area contributed by atoms with Gasteiger partial charge in [-0.1, -0.05) is 24.3 Å². The maximum Gasteiger partial charge on any atom is 0.302 e. The highest BCUT2D eigenvalue weighted by Gasteiger charge is 2.06. The summed E-state index contributed by atoms with van der Waals surface area (Å²) < 4.78 is 9.97. The van der Waals surface area contributed by atoms with Crippen LogP contribution in [0.1, 0.15) is 30.9 Å². The Morgan fingerprint density at radius 3 is 2.24 bits per heavy atom. The van der Waals surface area contributed by atoms with E-state index in [2.05, 4.69) is 16.0 Å². The Balaban J connectivity index is 2.20. The molecule has 1 aromatic carbocycles. The van der Waals surface area contributed by atoms with Crippen LogP contribution in [-0.4, -0.2) is 57.1 Å². The zero-order chi connectivity index (χ0) is 21.5. The van der Waals surface area contributed by atoms with Gasteiger partial charge in [-0.15, -0.1) is 0 Å². The van der Waals surface area contributed by atoms with E-state index in [1.807, 2.05) is 24.3 Å². The standard InChI is InChI=1S/C20H29N3O6/c1-15(24)29-11-3-10-28-14-20(27)23-13-17-6-4-16(5-7-17)12-19(26)22-9-8-18(25)21-2/h4-7H,3,8-14H2,1-2H3,(H,21,25)(H,22,26)(H,23,27). The second-order valence-electron chi connectivity index (χ2n) is 6.29. The van der Waals surface area contributed by atoms with E-state index in [9.17, 15) is 19.2 Å². The lowest BCUT2D eigenvalue weighted by Crippen LogP contribution is -2.30. The van der Waals surface area contributed by atoms with Crippen LogP contribution in [0.5, 0.6) is 0 Å². The van der Waals surface area contributed by atoms with E-state index in [4.69, 9.17) is 9.47 Å². The lowest BCUT2D eigenvalue weighted by molar-refractivity contribution is -0.141. The van der Waals surface area contributed by atoms with Gasteiger partial charge >= 0.3 is 5.97 Å². The summed E-state index contributed by atoms with van der Waals surface area (Å²) in [5.41, 5.74) is 1.74. The SMILES string of the molecule is CNC(=O)CCNC(=O)Cc1ccc(CNC(=O)COCCCOC(C)=O)cc1. The molecule has 9 nitrogen and oxygen atoms in total. The highest BCUT2D eigenvalue weighted by molar-refractivity contribution is 5.80. The number of benzene rings is 1. The van der Waals surface area contributed by atoms with Crippen LogP contribution in [0.15, 0.2) is 24.3 Å². The quantitative estimate of drug-likeness (QED) is 0.314. The van der Waals surface area contributed by atoms with Gasteiger partial charge < -0.3 is 25.4 Å². The average molecular weight is 407 g/mol. The zero-order valence-corrected chi connectivity index (χ0v) is 16.9. The summed E-state index contributed by atoms with van der Waals surface area (Å²) in [6.45, 7) is 2.54. The molecule has 0 fully saturated rings. The van der Waals surface area contributed by atoms with Crippen LogP contribution >= 0.6 is 0 Å². The van der Waals surface area contributed by atoms with Gasteiger partial charge in [0.2, 0.25) is 17.7 Å². The van der Waals surface area contributed by atoms with Gasteiger partial charge in [0.05, 0.1) is 19.6 Å². The third kappa shape index (κ3) is 12.2. The van der Waals surface area contributed by atoms with Gasteiger partial charge in [-0.2, -0.15) is 0 Å². The molecule has 0 saturated heterocycles. The molecular formula is C20H29N3O6. The number of carbonyl (C=O) groups excluding carboxylic acids is 4. The van der Waals surface area contributed by atoms with Crippen LogP contribution in [0, 0.1) is 0 Å². The van der Waals surface area contributed by atoms with Crippen molar-refractivity contribution in [1.29, 1.82) is 0 Å². The second kappa shape index (κ2) is 14.1. The van der Waals surface area contributed by atoms with Crippen molar-refractivity contribution in [1.82, 2.24) is 16.0 Å². The topological polar surface area (TPSA) is 123 Å². The van der Waals surface area contributed by atoms with Gasteiger partial charge in [0.25, 0.3) is 0 Å². The fourth-order valence-electron chi connectivity index (χ4n) is 2.26. The molecule has 0 unspecified atom stereocenters. The van der Waals surface area contributed by atoms with Crippen molar-refractivity contribution in [2.45, 2.75) is 32.7 Å². The lowest BCUT2D eigenvalue weighted by atomic mass is 10.1. The average Bonchev–Trinajstić information content (AvgIpc) is 2.69. The number of nitrogens with one attached hydrogen (secondary N) is 3. The van der Waals surface area contributed by atoms with Crippen LogP contribution < -0.4 is 16.0 Å². The van der Waals surface area contributed by atoms with Crippen molar-refractivity contribution in [2.24, 2.45) is 0 Å². The molecule has 0 atom stereocenters. The van der Waals surface area contributed by atoms with Crippen LogP contribution in [0.4, 0.5) is 0 Å². The molecule has 3 amide bonds. The Morgan fingerprint density at radius 1 is 0.897 bits per heavy atom. The Hall–Kier alpha value is -2.94. The molecule has 0 radical (unpaired) electrons. The number of carbonyl (C=O) groups is 4. The summed E-state index contributed by atoms with van der Waals surface area (Å²) in [5, 5.41) is 7.93. The van der Waals surface area contributed by atoms with E-state index in [0.29, 0.717) is 26.1 Å². The van der Waals surface area contributed by atoms with Gasteiger partial charge in [-0.25, -0.2) is 0 Å². The number of ether oxygens (including phenoxy) is 2. The number of hydrogen-bond acceptors (Lipinski definition) is 6. The number of rotatable bonds is 13. The number of hydrogen-bond donors (Lipinski definition) is 3. The van der Waals surface area contributed by atoms with Crippen molar-refractivity contribution in [3.05, 3.63) is 35.4 Å². The molecule has 3 N–H and O–H groups in total. The van der Waals surface area contributed by atoms with Gasteiger partial charge in [0, 0.05) is 39.9 Å². The molecule has 0 aliphatic rings. The third-order valence-electron chi connectivity index (χ3n) is 3.80. The second-order valence-corrected chi connectivity index (χ2v) is 6.29. The minimum Gasteiger partial charge on any atom is -0.466 e. The highest BCUT2D eigenvalue weighted by Crippen LogP contribution is 2.05. The van der Waals surface area contributed by atoms with Crippen LogP contribution in [0.3, 0.4) is 0 Å². The molecule has 0 saturated carbocycles. The minimum atomic E-state index is -0.338. The van der Waals surface area contributed by atoms with Crippen LogP contribution in [0.25, 0.3) is 0 Å². The minimum absolute atomic E-state index is 0.0611. The van der Waals surface area contributed by atoms with Crippen molar-refractivity contribution in [3.8, 4) is 0 Å². The molecule has 0 spiro atoms. The molecule has 0 bridgehead atoms. The fraction of sp³-hybridized carbons (Fsp3) is 0.500. The zero-order valence-electron chi connectivity index (χ0n) is 16.9. The first-order valence-corrected chi connectivity index (χ1v) is 9.43. The smallest absolute Gasteiger partial charge is 0.302 e. The Morgan fingerprint density at radius 2 is 1.59 bits per heavy atom. The van der Waals surface area contributed by atoms with Crippen LogP contribution in [0.2, 0.25) is 0 Å². The maximum absolute atomic E-state index is 11.8. The number of esters is 1. The summed E-state index contributed by atoms with van der Waals surface area (Å²) in [7, 11) is 1.55. The molecular weight excluding hydrogens is 378 g/mol. The Bertz CT molecular complexity index is 675. The monoisotopic (exact) mass is 407 g/mol. The predicted octanol–water partition coefficient (Wildman–Crippen LogP) is 0.0674. The molecule has 29 heavy (non-hydrogen) atoms. The summed E-state index contributed by atoms with van der Waals surface area (Å²) in [5.74, 6) is -0.850. The fourth-order valence-corrected chi connectivity index (χ4v) is 2.26. The largest absolute Gasteiger partial charge is 0.466 e. The molecule has 0 aliphatic carbocycles. The molecule has 9 heteroatoms. The van der Waals surface area contributed by atoms with Crippen molar-refractivity contribution in [2.75, 3.05) is 33.4 Å². The van der Waals surface area contributed by atoms with E-state index >= 15 is 0 Å². The summed E-state index contributed by atoms with van der Waals surface area (Å²) >= 11 is 0. The predicted molar refractivity (Wildman–Crippen MR) is 106 cm³/mol. The van der Waals surface area contributed by atoms with E-state index < -0.39 is 0 Å². The van der Waals surface area contributed by atoms with Gasteiger partial charge in [0.1, 0.15) is 6.61 Å². The molecule has 0 aromatic heterocycles. The normalized spacial score (nSPS) is 10.1. The molecule has 1 rings (SSSR count). The Labute approximate surface area is 170 Å². The molecule has 160 valence electrons. The first-order valence-electron chi connectivity index (χ1n) is 9.43. The highest BCUT2D eigenvalue weighted by atomic mass is 16.5. The van der Waals surface area contributed by atoms with Gasteiger partial charge in [0.15, 0.2) is 0 Å². The maximum atomic E-state index is 11.8. The molecule has 1 aromatic rings. The Kier molecular flexibility index (Phi) is 11.7. The third-order valence-corrected chi connectivity index (χ3v) is 3.80. The summed E-state index contributed by atoms with van der Waals surface area (Å²) in [4.78, 5) is 45.3. The van der Waals surface area contributed by atoms with E-state index in [0.717, 1.165) is 11.1 Å². The van der Waals surface area contributed by atoms with Gasteiger partial charge in [-0.3, -0.25) is 19.2 Å². The van der Waals surface area contributed by atoms with E-state index in [1.165, 1.54) is 6.92 Å².